The number of carbonyl (C=O) groups is 1. The highest BCUT2D eigenvalue weighted by molar-refractivity contribution is 9.10. The van der Waals surface area contributed by atoms with Crippen LogP contribution in [0.4, 0.5) is 5.69 Å². The largest absolute Gasteiger partial charge is 0.490 e. The molecule has 2 aromatic carbocycles. The second kappa shape index (κ2) is 8.62. The Labute approximate surface area is 173 Å². The molecule has 1 aliphatic rings. The van der Waals surface area contributed by atoms with Crippen molar-refractivity contribution in [3.8, 4) is 29.1 Å². The van der Waals surface area contributed by atoms with Gasteiger partial charge >= 0.3 is 5.97 Å². The molecule has 0 saturated heterocycles. The van der Waals surface area contributed by atoms with E-state index in [0.29, 0.717) is 22.4 Å². The maximum absolute atomic E-state index is 12.3. The minimum absolute atomic E-state index is 0.0331. The van der Waals surface area contributed by atoms with Gasteiger partial charge in [0.25, 0.3) is 5.69 Å². The fourth-order valence-electron chi connectivity index (χ4n) is 2.53. The molecule has 2 aromatic rings. The summed E-state index contributed by atoms with van der Waals surface area (Å²) in [5.41, 5.74) is 0.236. The third-order valence-corrected chi connectivity index (χ3v) is 4.35. The molecule has 0 fully saturated rings. The lowest BCUT2D eigenvalue weighted by molar-refractivity contribution is -0.385. The van der Waals surface area contributed by atoms with E-state index in [2.05, 4.69) is 15.9 Å². The van der Waals surface area contributed by atoms with Gasteiger partial charge in [0.1, 0.15) is 0 Å². The molecule has 0 radical (unpaired) electrons. The van der Waals surface area contributed by atoms with Crippen LogP contribution in [0.15, 0.2) is 34.8 Å². The Morgan fingerprint density at radius 3 is 2.72 bits per heavy atom. The number of nitro benzene ring substituents is 1. The average Bonchev–Trinajstić information content (AvgIpc) is 3.15. The molecule has 0 amide bonds. The molecule has 10 heteroatoms. The lowest BCUT2D eigenvalue weighted by Crippen LogP contribution is -2.07. The lowest BCUT2D eigenvalue weighted by atomic mass is 10.1. The van der Waals surface area contributed by atoms with Gasteiger partial charge in [-0.05, 0) is 41.1 Å². The highest BCUT2D eigenvalue weighted by Crippen LogP contribution is 2.39. The molecule has 0 aromatic heterocycles. The van der Waals surface area contributed by atoms with Crippen LogP contribution >= 0.6 is 15.9 Å². The quantitative estimate of drug-likeness (QED) is 0.208. The highest BCUT2D eigenvalue weighted by atomic mass is 79.9. The van der Waals surface area contributed by atoms with Crippen LogP contribution in [-0.4, -0.2) is 24.3 Å². The van der Waals surface area contributed by atoms with E-state index >= 15 is 0 Å². The monoisotopic (exact) mass is 460 g/mol. The first-order valence-electron chi connectivity index (χ1n) is 8.27. The van der Waals surface area contributed by atoms with Crippen LogP contribution in [0.1, 0.15) is 18.1 Å². The van der Waals surface area contributed by atoms with Gasteiger partial charge in [-0.2, -0.15) is 5.26 Å². The number of halogens is 1. The number of hydrogen-bond acceptors (Lipinski definition) is 8. The van der Waals surface area contributed by atoms with Gasteiger partial charge in [0.05, 0.1) is 39.3 Å². The van der Waals surface area contributed by atoms with E-state index in [4.69, 9.17) is 24.2 Å². The molecule has 3 rings (SSSR count). The van der Waals surface area contributed by atoms with Crippen LogP contribution in [0, 0.1) is 21.4 Å². The summed E-state index contributed by atoms with van der Waals surface area (Å²) in [7, 11) is 0. The number of fused-ring (bicyclic) bond motifs is 1. The van der Waals surface area contributed by atoms with E-state index in [-0.39, 0.29) is 35.3 Å². The number of hydrogen-bond donors (Lipinski definition) is 0. The molecule has 9 nitrogen and oxygen atoms in total. The summed E-state index contributed by atoms with van der Waals surface area (Å²) < 4.78 is 21.4. The number of ether oxygens (including phenoxy) is 4. The van der Waals surface area contributed by atoms with Gasteiger partial charge in [0.2, 0.25) is 6.79 Å². The molecular weight excluding hydrogens is 448 g/mol. The van der Waals surface area contributed by atoms with Crippen LogP contribution in [0.3, 0.4) is 0 Å². The molecule has 1 heterocycles. The van der Waals surface area contributed by atoms with E-state index in [1.165, 1.54) is 30.3 Å². The number of rotatable bonds is 6. The fraction of sp³-hybridized carbons (Fsp3) is 0.158. The van der Waals surface area contributed by atoms with Crippen molar-refractivity contribution in [2.75, 3.05) is 13.4 Å². The van der Waals surface area contributed by atoms with E-state index in [0.717, 1.165) is 6.08 Å². The van der Waals surface area contributed by atoms with E-state index < -0.39 is 10.9 Å². The van der Waals surface area contributed by atoms with E-state index in [1.54, 1.807) is 6.92 Å². The van der Waals surface area contributed by atoms with Crippen molar-refractivity contribution in [3.05, 3.63) is 56.1 Å². The summed E-state index contributed by atoms with van der Waals surface area (Å²) in [4.78, 5) is 23.0. The van der Waals surface area contributed by atoms with Gasteiger partial charge in [-0.15, -0.1) is 0 Å². The molecule has 0 unspecified atom stereocenters. The molecule has 0 bridgehead atoms. The van der Waals surface area contributed by atoms with Crippen LogP contribution in [-0.2, 0) is 4.79 Å². The molecule has 1 aliphatic heterocycles. The Hall–Kier alpha value is -3.58. The Morgan fingerprint density at radius 1 is 1.34 bits per heavy atom. The van der Waals surface area contributed by atoms with Gasteiger partial charge in [0, 0.05) is 12.1 Å². The number of carbonyl (C=O) groups excluding carboxylic acids is 1. The summed E-state index contributed by atoms with van der Waals surface area (Å²) in [5, 5.41) is 20.3. The number of nitriles is 1. The number of esters is 1. The zero-order chi connectivity index (χ0) is 21.0. The van der Waals surface area contributed by atoms with Crippen molar-refractivity contribution in [3.63, 3.8) is 0 Å². The second-order valence-electron chi connectivity index (χ2n) is 5.61. The average molecular weight is 461 g/mol. The van der Waals surface area contributed by atoms with Crippen LogP contribution in [0.25, 0.3) is 6.08 Å². The second-order valence-corrected chi connectivity index (χ2v) is 6.46. The Kier molecular flexibility index (Phi) is 5.99. The summed E-state index contributed by atoms with van der Waals surface area (Å²) in [6.45, 7) is 2.01. The van der Waals surface area contributed by atoms with Gasteiger partial charge in [0.15, 0.2) is 23.0 Å². The van der Waals surface area contributed by atoms with Gasteiger partial charge in [-0.25, -0.2) is 4.79 Å². The van der Waals surface area contributed by atoms with E-state index in [9.17, 15) is 14.9 Å². The molecule has 29 heavy (non-hydrogen) atoms. The Bertz CT molecular complexity index is 1060. The zero-order valence-electron chi connectivity index (χ0n) is 15.0. The van der Waals surface area contributed by atoms with Crippen molar-refractivity contribution in [2.24, 2.45) is 0 Å². The maximum atomic E-state index is 12.3. The topological polar surface area (TPSA) is 121 Å². The molecule has 0 saturated carbocycles. The first-order chi connectivity index (χ1) is 13.9. The summed E-state index contributed by atoms with van der Waals surface area (Å²) in [6, 6.07) is 7.56. The maximum Gasteiger partial charge on any atom is 0.336 e. The molecule has 0 atom stereocenters. The minimum atomic E-state index is -0.789. The normalized spacial score (nSPS) is 11.9. The summed E-state index contributed by atoms with van der Waals surface area (Å²) in [6.07, 6.45) is 2.30. The molecule has 0 spiro atoms. The summed E-state index contributed by atoms with van der Waals surface area (Å²) >= 11 is 3.25. The predicted molar refractivity (Wildman–Crippen MR) is 104 cm³/mol. The zero-order valence-corrected chi connectivity index (χ0v) is 16.6. The fourth-order valence-corrected chi connectivity index (χ4v) is 3.05. The van der Waals surface area contributed by atoms with Crippen molar-refractivity contribution >= 4 is 33.7 Å². The Morgan fingerprint density at radius 2 is 2.07 bits per heavy atom. The lowest BCUT2D eigenvalue weighted by Gasteiger charge is -2.11. The standard InChI is InChI=1S/C19H13BrN2O7/c1-2-26-17-6-11(9-21)5-13(20)19(17)29-18(23)4-3-12-7-15-16(28-10-27-15)8-14(12)22(24)25/h3-8H,2,10H2,1H3. The first kappa shape index (κ1) is 20.2. The molecule has 0 aliphatic carbocycles. The third kappa shape index (κ3) is 4.47. The predicted octanol–water partition coefficient (Wildman–Crippen LogP) is 3.98. The number of benzene rings is 2. The van der Waals surface area contributed by atoms with Crippen molar-refractivity contribution in [2.45, 2.75) is 6.92 Å². The van der Waals surface area contributed by atoms with Crippen molar-refractivity contribution in [1.29, 1.82) is 5.26 Å². The molecule has 148 valence electrons. The molecule has 0 N–H and O–H groups in total. The SMILES string of the molecule is CCOc1cc(C#N)cc(Br)c1OC(=O)C=Cc1cc2c(cc1[N+](=O)[O-])OCO2. The highest BCUT2D eigenvalue weighted by Gasteiger charge is 2.22. The molecular formula is C19H13BrN2O7. The van der Waals surface area contributed by atoms with Crippen molar-refractivity contribution < 1.29 is 28.7 Å². The van der Waals surface area contributed by atoms with Crippen LogP contribution in [0.2, 0.25) is 0 Å². The van der Waals surface area contributed by atoms with Crippen LogP contribution in [0.5, 0.6) is 23.0 Å². The van der Waals surface area contributed by atoms with Gasteiger partial charge in [-0.3, -0.25) is 10.1 Å². The van der Waals surface area contributed by atoms with E-state index in [1.807, 2.05) is 6.07 Å². The number of nitro groups is 1. The Balaban J connectivity index is 1.86. The number of nitrogens with zero attached hydrogens (tertiary/aromatic N) is 2. The third-order valence-electron chi connectivity index (χ3n) is 3.76. The minimum Gasteiger partial charge on any atom is -0.490 e. The van der Waals surface area contributed by atoms with Gasteiger partial charge < -0.3 is 18.9 Å². The first-order valence-corrected chi connectivity index (χ1v) is 9.06. The smallest absolute Gasteiger partial charge is 0.336 e. The van der Waals surface area contributed by atoms with Gasteiger partial charge in [-0.1, -0.05) is 0 Å². The summed E-state index contributed by atoms with van der Waals surface area (Å²) in [5.74, 6) is 0.134. The van der Waals surface area contributed by atoms with Crippen LogP contribution < -0.4 is 18.9 Å². The van der Waals surface area contributed by atoms with Crippen molar-refractivity contribution in [1.82, 2.24) is 0 Å².